The second kappa shape index (κ2) is 10.3. The second-order valence-corrected chi connectivity index (χ2v) is 12.8. The SMILES string of the molecule is c1ccc(-c2nc(-c3ccccc3)nc(-n3c4ccccc4c4c5c(ccc43)-c3ccccc3-n3c4ccccc4c4cccc-5c43)n2)cc1. The molecule has 1 aliphatic heterocycles. The number of hydrogen-bond acceptors (Lipinski definition) is 3. The summed E-state index contributed by atoms with van der Waals surface area (Å²) >= 11 is 0. The van der Waals surface area contributed by atoms with E-state index in [1.807, 2.05) is 36.4 Å². The van der Waals surface area contributed by atoms with Gasteiger partial charge in [-0.2, -0.15) is 9.97 Å². The predicted octanol–water partition coefficient (Wildman–Crippen LogP) is 11.0. The van der Waals surface area contributed by atoms with Crippen LogP contribution in [0.4, 0.5) is 0 Å². The van der Waals surface area contributed by atoms with Crippen LogP contribution in [-0.4, -0.2) is 24.1 Å². The van der Waals surface area contributed by atoms with Crippen LogP contribution in [-0.2, 0) is 0 Å². The molecule has 7 aromatic carbocycles. The molecule has 0 atom stereocenters. The molecular weight excluding hydrogens is 611 g/mol. The van der Waals surface area contributed by atoms with Crippen molar-refractivity contribution in [1.82, 2.24) is 24.1 Å². The summed E-state index contributed by atoms with van der Waals surface area (Å²) in [6.45, 7) is 0. The summed E-state index contributed by atoms with van der Waals surface area (Å²) in [5, 5.41) is 4.84. The van der Waals surface area contributed by atoms with Gasteiger partial charge in [-0.3, -0.25) is 4.57 Å². The highest BCUT2D eigenvalue weighted by Crippen LogP contribution is 2.50. The summed E-state index contributed by atoms with van der Waals surface area (Å²) in [6, 6.07) is 57.8. The van der Waals surface area contributed by atoms with Crippen LogP contribution < -0.4 is 0 Å². The zero-order valence-electron chi connectivity index (χ0n) is 26.8. The summed E-state index contributed by atoms with van der Waals surface area (Å²) in [4.78, 5) is 15.3. The van der Waals surface area contributed by atoms with E-state index >= 15 is 0 Å². The van der Waals surface area contributed by atoms with Crippen molar-refractivity contribution in [3.63, 3.8) is 0 Å². The molecule has 232 valence electrons. The van der Waals surface area contributed by atoms with Gasteiger partial charge < -0.3 is 4.57 Å². The fourth-order valence-electron chi connectivity index (χ4n) is 8.04. The standard InChI is InChI=1S/C45H27N5/c1-3-14-28(15-4-1)43-46-44(29-16-5-2-6-17-29)48-45(47-43)50-38-25-12-9-20-34(38)41-39(50)27-26-32-30-18-7-10-23-36(30)49-37-24-11-8-19-31(37)33-21-13-22-35(40(32)41)42(33)49/h1-27H. The van der Waals surface area contributed by atoms with Gasteiger partial charge in [0.05, 0.1) is 27.8 Å². The van der Waals surface area contributed by atoms with Gasteiger partial charge in [-0.05, 0) is 29.8 Å². The minimum Gasteiger partial charge on any atom is -0.308 e. The third-order valence-electron chi connectivity index (χ3n) is 10.1. The van der Waals surface area contributed by atoms with Gasteiger partial charge in [-0.15, -0.1) is 0 Å². The van der Waals surface area contributed by atoms with Gasteiger partial charge >= 0.3 is 0 Å². The maximum Gasteiger partial charge on any atom is 0.238 e. The zero-order chi connectivity index (χ0) is 32.8. The van der Waals surface area contributed by atoms with E-state index in [0.29, 0.717) is 17.6 Å². The normalized spacial score (nSPS) is 12.0. The quantitative estimate of drug-likeness (QED) is 0.194. The molecule has 0 bridgehead atoms. The van der Waals surface area contributed by atoms with Crippen molar-refractivity contribution in [3.05, 3.63) is 164 Å². The van der Waals surface area contributed by atoms with Crippen LogP contribution in [0.25, 0.3) is 100 Å². The third kappa shape index (κ3) is 3.74. The Kier molecular flexibility index (Phi) is 5.60. The molecule has 0 fully saturated rings. The number of para-hydroxylation sites is 4. The zero-order valence-corrected chi connectivity index (χ0v) is 26.8. The van der Waals surface area contributed by atoms with E-state index in [2.05, 4.69) is 137 Å². The molecule has 0 spiro atoms. The average molecular weight is 638 g/mol. The van der Waals surface area contributed by atoms with Gasteiger partial charge in [0.15, 0.2) is 11.6 Å². The van der Waals surface area contributed by atoms with Crippen molar-refractivity contribution in [2.45, 2.75) is 0 Å². The predicted molar refractivity (Wildman–Crippen MR) is 204 cm³/mol. The molecule has 0 saturated carbocycles. The lowest BCUT2D eigenvalue weighted by atomic mass is 9.90. The first-order valence-electron chi connectivity index (χ1n) is 16.9. The highest BCUT2D eigenvalue weighted by molar-refractivity contribution is 6.24. The lowest BCUT2D eigenvalue weighted by Crippen LogP contribution is -2.06. The number of benzene rings is 7. The van der Waals surface area contributed by atoms with Crippen molar-refractivity contribution in [2.75, 3.05) is 0 Å². The molecule has 0 radical (unpaired) electrons. The van der Waals surface area contributed by atoms with Crippen molar-refractivity contribution in [2.24, 2.45) is 0 Å². The Hall–Kier alpha value is -6.85. The largest absolute Gasteiger partial charge is 0.308 e. The van der Waals surface area contributed by atoms with Crippen LogP contribution in [0.3, 0.4) is 0 Å². The Morgan fingerprint density at radius 3 is 1.68 bits per heavy atom. The molecule has 5 nitrogen and oxygen atoms in total. The van der Waals surface area contributed by atoms with Crippen molar-refractivity contribution >= 4 is 43.6 Å². The molecule has 10 aromatic rings. The van der Waals surface area contributed by atoms with Crippen LogP contribution in [0, 0.1) is 0 Å². The van der Waals surface area contributed by atoms with Crippen LogP contribution >= 0.6 is 0 Å². The fraction of sp³-hybridized carbons (Fsp3) is 0. The molecule has 5 heteroatoms. The van der Waals surface area contributed by atoms with E-state index in [-0.39, 0.29) is 0 Å². The van der Waals surface area contributed by atoms with Crippen LogP contribution in [0.5, 0.6) is 0 Å². The first kappa shape index (κ1) is 27.1. The van der Waals surface area contributed by atoms with Crippen LogP contribution in [0.2, 0.25) is 0 Å². The summed E-state index contributed by atoms with van der Waals surface area (Å²) < 4.78 is 4.68. The maximum atomic E-state index is 5.18. The van der Waals surface area contributed by atoms with E-state index in [0.717, 1.165) is 27.5 Å². The lowest BCUT2D eigenvalue weighted by Gasteiger charge is -2.14. The van der Waals surface area contributed by atoms with Gasteiger partial charge in [-0.1, -0.05) is 140 Å². The van der Waals surface area contributed by atoms with E-state index in [1.54, 1.807) is 0 Å². The van der Waals surface area contributed by atoms with E-state index in [9.17, 15) is 0 Å². The number of hydrogen-bond donors (Lipinski definition) is 0. The molecule has 0 unspecified atom stereocenters. The molecule has 1 aliphatic rings. The maximum absolute atomic E-state index is 5.18. The van der Waals surface area contributed by atoms with Crippen molar-refractivity contribution in [1.29, 1.82) is 0 Å². The second-order valence-electron chi connectivity index (χ2n) is 12.8. The Morgan fingerprint density at radius 1 is 0.360 bits per heavy atom. The first-order chi connectivity index (χ1) is 24.8. The van der Waals surface area contributed by atoms with E-state index in [4.69, 9.17) is 15.0 Å². The summed E-state index contributed by atoms with van der Waals surface area (Å²) in [5.41, 5.74) is 12.5. The Balaban J connectivity index is 1.30. The minimum absolute atomic E-state index is 0.588. The molecule has 50 heavy (non-hydrogen) atoms. The molecule has 11 rings (SSSR count). The Labute approximate surface area is 287 Å². The Bertz CT molecular complexity index is 2920. The van der Waals surface area contributed by atoms with Gasteiger partial charge in [0, 0.05) is 49.4 Å². The Morgan fingerprint density at radius 2 is 0.940 bits per heavy atom. The monoisotopic (exact) mass is 637 g/mol. The summed E-state index contributed by atoms with van der Waals surface area (Å²) in [6.07, 6.45) is 0. The van der Waals surface area contributed by atoms with Crippen molar-refractivity contribution in [3.8, 4) is 56.7 Å². The van der Waals surface area contributed by atoms with Crippen LogP contribution in [0.15, 0.2) is 164 Å². The van der Waals surface area contributed by atoms with E-state index in [1.165, 1.54) is 55.1 Å². The first-order valence-corrected chi connectivity index (χ1v) is 16.9. The summed E-state index contributed by atoms with van der Waals surface area (Å²) in [7, 11) is 0. The number of rotatable bonds is 3. The molecule has 3 aromatic heterocycles. The van der Waals surface area contributed by atoms with Gasteiger partial charge in [0.1, 0.15) is 0 Å². The molecule has 0 saturated heterocycles. The lowest BCUT2D eigenvalue weighted by molar-refractivity contribution is 0.953. The van der Waals surface area contributed by atoms with Crippen molar-refractivity contribution < 1.29 is 0 Å². The van der Waals surface area contributed by atoms with Gasteiger partial charge in [-0.25, -0.2) is 4.98 Å². The molecule has 0 amide bonds. The molecule has 0 N–H and O–H groups in total. The van der Waals surface area contributed by atoms with Crippen LogP contribution in [0.1, 0.15) is 0 Å². The average Bonchev–Trinajstić information content (AvgIpc) is 3.67. The smallest absolute Gasteiger partial charge is 0.238 e. The number of aromatic nitrogens is 5. The van der Waals surface area contributed by atoms with E-state index < -0.39 is 0 Å². The van der Waals surface area contributed by atoms with Gasteiger partial charge in [0.25, 0.3) is 0 Å². The topological polar surface area (TPSA) is 48.5 Å². The minimum atomic E-state index is 0.588. The molecular formula is C45H27N5. The highest BCUT2D eigenvalue weighted by atomic mass is 15.2. The summed E-state index contributed by atoms with van der Waals surface area (Å²) in [5.74, 6) is 1.86. The molecule has 0 aliphatic carbocycles. The fourth-order valence-corrected chi connectivity index (χ4v) is 8.04. The van der Waals surface area contributed by atoms with Gasteiger partial charge in [0.2, 0.25) is 5.95 Å². The highest BCUT2D eigenvalue weighted by Gasteiger charge is 2.28. The number of fused-ring (bicyclic) bond motifs is 12. The number of nitrogens with zero attached hydrogens (tertiary/aromatic N) is 5. The third-order valence-corrected chi connectivity index (χ3v) is 10.1. The molecule has 4 heterocycles.